The van der Waals surface area contributed by atoms with Gasteiger partial charge in [0.2, 0.25) is 10.0 Å². The molecule has 0 radical (unpaired) electrons. The van der Waals surface area contributed by atoms with Gasteiger partial charge in [-0.25, -0.2) is 17.1 Å². The highest BCUT2D eigenvalue weighted by Gasteiger charge is 2.24. The standard InChI is InChI=1S/C11H16FNO3S2/c1-13(5-6-17-2)18(15,16)11-4-3-9(8-14)7-10(11)12/h3-4,7,14H,5-6,8H2,1-2H3. The summed E-state index contributed by atoms with van der Waals surface area (Å²) in [6, 6.07) is 3.62. The van der Waals surface area contributed by atoms with Crippen LogP contribution in [0.25, 0.3) is 0 Å². The fourth-order valence-electron chi connectivity index (χ4n) is 1.36. The van der Waals surface area contributed by atoms with E-state index in [0.29, 0.717) is 17.9 Å². The van der Waals surface area contributed by atoms with Crippen LogP contribution >= 0.6 is 11.8 Å². The Morgan fingerprint density at radius 1 is 1.44 bits per heavy atom. The molecule has 1 rings (SSSR count). The zero-order chi connectivity index (χ0) is 13.8. The lowest BCUT2D eigenvalue weighted by Crippen LogP contribution is -2.29. The maximum atomic E-state index is 13.7. The molecule has 0 saturated heterocycles. The van der Waals surface area contributed by atoms with Gasteiger partial charge in [-0.15, -0.1) is 0 Å². The van der Waals surface area contributed by atoms with E-state index in [1.165, 1.54) is 30.9 Å². The molecule has 7 heteroatoms. The van der Waals surface area contributed by atoms with Crippen molar-refractivity contribution in [3.8, 4) is 0 Å². The van der Waals surface area contributed by atoms with Gasteiger partial charge in [0.05, 0.1) is 6.61 Å². The van der Waals surface area contributed by atoms with Crippen LogP contribution in [0.2, 0.25) is 0 Å². The number of nitrogens with zero attached hydrogens (tertiary/aromatic N) is 1. The number of aliphatic hydroxyl groups excluding tert-OH is 1. The second kappa shape index (κ2) is 6.51. The molecule has 1 aromatic rings. The van der Waals surface area contributed by atoms with Crippen molar-refractivity contribution in [2.45, 2.75) is 11.5 Å². The van der Waals surface area contributed by atoms with Crippen LogP contribution in [-0.2, 0) is 16.6 Å². The molecule has 0 unspecified atom stereocenters. The lowest BCUT2D eigenvalue weighted by Gasteiger charge is -2.17. The molecule has 1 aromatic carbocycles. The molecule has 0 atom stereocenters. The maximum Gasteiger partial charge on any atom is 0.245 e. The lowest BCUT2D eigenvalue weighted by atomic mass is 10.2. The predicted molar refractivity (Wildman–Crippen MR) is 70.5 cm³/mol. The van der Waals surface area contributed by atoms with Crippen LogP contribution < -0.4 is 0 Å². The molecule has 0 fully saturated rings. The first kappa shape index (κ1) is 15.4. The molecule has 18 heavy (non-hydrogen) atoms. The number of sulfonamides is 1. The highest BCUT2D eigenvalue weighted by Crippen LogP contribution is 2.19. The number of benzene rings is 1. The zero-order valence-corrected chi connectivity index (χ0v) is 11.9. The minimum Gasteiger partial charge on any atom is -0.392 e. The topological polar surface area (TPSA) is 57.6 Å². The molecule has 0 aliphatic rings. The minimum absolute atomic E-state index is 0.320. The number of thioether (sulfide) groups is 1. The highest BCUT2D eigenvalue weighted by atomic mass is 32.2. The monoisotopic (exact) mass is 293 g/mol. The van der Waals surface area contributed by atoms with Crippen LogP contribution in [0.4, 0.5) is 4.39 Å². The van der Waals surface area contributed by atoms with Gasteiger partial charge in [0.25, 0.3) is 0 Å². The first-order valence-corrected chi connectivity index (χ1v) is 8.11. The van der Waals surface area contributed by atoms with Crippen LogP contribution in [0, 0.1) is 5.82 Å². The molecule has 0 saturated carbocycles. The van der Waals surface area contributed by atoms with E-state index in [9.17, 15) is 12.8 Å². The minimum atomic E-state index is -3.80. The van der Waals surface area contributed by atoms with E-state index in [0.717, 1.165) is 10.4 Å². The summed E-state index contributed by atoms with van der Waals surface area (Å²) in [7, 11) is -2.38. The fraction of sp³-hybridized carbons (Fsp3) is 0.455. The van der Waals surface area contributed by atoms with E-state index >= 15 is 0 Å². The van der Waals surface area contributed by atoms with Gasteiger partial charge in [-0.1, -0.05) is 6.07 Å². The normalized spacial score (nSPS) is 12.1. The van der Waals surface area contributed by atoms with Gasteiger partial charge >= 0.3 is 0 Å². The van der Waals surface area contributed by atoms with Gasteiger partial charge in [0, 0.05) is 19.3 Å². The van der Waals surface area contributed by atoms with Crippen LogP contribution in [0.3, 0.4) is 0 Å². The molecule has 4 nitrogen and oxygen atoms in total. The average Bonchev–Trinajstić information content (AvgIpc) is 2.35. The predicted octanol–water partition coefficient (Wildman–Crippen LogP) is 1.30. The molecule has 0 spiro atoms. The van der Waals surface area contributed by atoms with E-state index in [1.54, 1.807) is 0 Å². The number of rotatable bonds is 6. The number of halogens is 1. The molecule has 0 aromatic heterocycles. The average molecular weight is 293 g/mol. The van der Waals surface area contributed by atoms with Crippen molar-refractivity contribution >= 4 is 21.8 Å². The maximum absolute atomic E-state index is 13.7. The molecule has 0 aliphatic carbocycles. The third-order valence-corrected chi connectivity index (χ3v) is 4.96. The van der Waals surface area contributed by atoms with Crippen molar-refractivity contribution < 1.29 is 17.9 Å². The Bertz CT molecular complexity index is 505. The van der Waals surface area contributed by atoms with Crippen molar-refractivity contribution in [1.82, 2.24) is 4.31 Å². The summed E-state index contributed by atoms with van der Waals surface area (Å²) in [6.45, 7) is 0.00422. The lowest BCUT2D eigenvalue weighted by molar-refractivity contribution is 0.281. The van der Waals surface area contributed by atoms with E-state index < -0.39 is 15.8 Å². The van der Waals surface area contributed by atoms with Crippen molar-refractivity contribution in [2.75, 3.05) is 25.6 Å². The van der Waals surface area contributed by atoms with Gasteiger partial charge in [-0.3, -0.25) is 0 Å². The molecule has 0 aliphatic heterocycles. The Labute approximate surface area is 111 Å². The fourth-order valence-corrected chi connectivity index (χ4v) is 3.14. The third kappa shape index (κ3) is 3.44. The first-order valence-electron chi connectivity index (χ1n) is 5.28. The van der Waals surface area contributed by atoms with Gasteiger partial charge in [-0.05, 0) is 24.0 Å². The third-order valence-electron chi connectivity index (χ3n) is 2.48. The van der Waals surface area contributed by atoms with Crippen LogP contribution in [0.15, 0.2) is 23.1 Å². The van der Waals surface area contributed by atoms with E-state index in [1.807, 2.05) is 6.26 Å². The molecule has 102 valence electrons. The van der Waals surface area contributed by atoms with Gasteiger partial charge < -0.3 is 5.11 Å². The molecular weight excluding hydrogens is 277 g/mol. The van der Waals surface area contributed by atoms with E-state index in [-0.39, 0.29) is 11.5 Å². The molecule has 0 bridgehead atoms. The quantitative estimate of drug-likeness (QED) is 0.859. The summed E-state index contributed by atoms with van der Waals surface area (Å²) in [6.07, 6.45) is 1.87. The Morgan fingerprint density at radius 2 is 2.11 bits per heavy atom. The molecule has 0 amide bonds. The van der Waals surface area contributed by atoms with Crippen molar-refractivity contribution in [3.05, 3.63) is 29.6 Å². The number of hydrogen-bond acceptors (Lipinski definition) is 4. The summed E-state index contributed by atoms with van der Waals surface area (Å²) < 4.78 is 39.0. The summed E-state index contributed by atoms with van der Waals surface area (Å²) in [5.41, 5.74) is 0.346. The van der Waals surface area contributed by atoms with Crippen LogP contribution in [-0.4, -0.2) is 43.4 Å². The Morgan fingerprint density at radius 3 is 2.61 bits per heavy atom. The van der Waals surface area contributed by atoms with Crippen molar-refractivity contribution in [2.24, 2.45) is 0 Å². The summed E-state index contributed by atoms with van der Waals surface area (Å²) in [5, 5.41) is 8.85. The van der Waals surface area contributed by atoms with Gasteiger partial charge in [-0.2, -0.15) is 11.8 Å². The summed E-state index contributed by atoms with van der Waals surface area (Å²) in [4.78, 5) is -0.358. The summed E-state index contributed by atoms with van der Waals surface area (Å²) >= 11 is 1.52. The first-order chi connectivity index (χ1) is 8.43. The molecular formula is C11H16FNO3S2. The highest BCUT2D eigenvalue weighted by molar-refractivity contribution is 7.98. The largest absolute Gasteiger partial charge is 0.392 e. The van der Waals surface area contributed by atoms with Crippen LogP contribution in [0.1, 0.15) is 5.56 Å². The van der Waals surface area contributed by atoms with E-state index in [2.05, 4.69) is 0 Å². The van der Waals surface area contributed by atoms with Crippen molar-refractivity contribution in [3.63, 3.8) is 0 Å². The number of hydrogen-bond donors (Lipinski definition) is 1. The SMILES string of the molecule is CSCCN(C)S(=O)(=O)c1ccc(CO)cc1F. The molecule has 0 heterocycles. The second-order valence-electron chi connectivity index (χ2n) is 3.74. The Balaban J connectivity index is 3.05. The Hall–Kier alpha value is -0.630. The Kier molecular flexibility index (Phi) is 5.58. The van der Waals surface area contributed by atoms with Gasteiger partial charge in [0.1, 0.15) is 10.7 Å². The number of aliphatic hydroxyl groups is 1. The second-order valence-corrected chi connectivity index (χ2v) is 6.74. The van der Waals surface area contributed by atoms with Crippen LogP contribution in [0.5, 0.6) is 0 Å². The summed E-state index contributed by atoms with van der Waals surface area (Å²) in [5.74, 6) is -0.191. The molecule has 1 N–H and O–H groups in total. The van der Waals surface area contributed by atoms with E-state index in [4.69, 9.17) is 5.11 Å². The zero-order valence-electron chi connectivity index (χ0n) is 10.3. The van der Waals surface area contributed by atoms with Crippen molar-refractivity contribution in [1.29, 1.82) is 0 Å². The van der Waals surface area contributed by atoms with Gasteiger partial charge in [0.15, 0.2) is 0 Å². The smallest absolute Gasteiger partial charge is 0.245 e.